The first kappa shape index (κ1) is 14.7. The highest BCUT2D eigenvalue weighted by Crippen LogP contribution is 2.39. The molecule has 4 atom stereocenters. The summed E-state index contributed by atoms with van der Waals surface area (Å²) in [6, 6.07) is 0. The summed E-state index contributed by atoms with van der Waals surface area (Å²) in [6.07, 6.45) is -0.628. The van der Waals surface area contributed by atoms with Gasteiger partial charge in [0, 0.05) is 0 Å². The van der Waals surface area contributed by atoms with Crippen LogP contribution in [0.4, 0.5) is 5.95 Å². The molecule has 5 N–H and O–H groups in total. The third-order valence-corrected chi connectivity index (χ3v) is 3.58. The number of aliphatic hydroxyl groups excluding tert-OH is 2. The summed E-state index contributed by atoms with van der Waals surface area (Å²) in [6.45, 7) is 1.06. The molecular formula is C13H15N5O4. The minimum atomic E-state index is -1.91. The molecule has 9 nitrogen and oxygen atoms in total. The van der Waals surface area contributed by atoms with Crippen LogP contribution in [0.5, 0.6) is 0 Å². The van der Waals surface area contributed by atoms with Crippen LogP contribution in [0.25, 0.3) is 11.2 Å². The Morgan fingerprint density at radius 3 is 2.95 bits per heavy atom. The van der Waals surface area contributed by atoms with Gasteiger partial charge >= 0.3 is 0 Å². The van der Waals surface area contributed by atoms with Gasteiger partial charge in [0.2, 0.25) is 5.95 Å². The molecular weight excluding hydrogens is 290 g/mol. The minimum Gasteiger partial charge on any atom is -0.394 e. The predicted octanol–water partition coefficient (Wildman–Crippen LogP) is -1.59. The average molecular weight is 305 g/mol. The van der Waals surface area contributed by atoms with Gasteiger partial charge in [0.25, 0.3) is 0 Å². The zero-order valence-corrected chi connectivity index (χ0v) is 11.7. The Balaban J connectivity index is 2.14. The molecule has 3 rings (SSSR count). The van der Waals surface area contributed by atoms with Crippen LogP contribution < -0.4 is 5.73 Å². The van der Waals surface area contributed by atoms with Crippen LogP contribution in [-0.2, 0) is 4.74 Å². The Hall–Kier alpha value is -2.25. The zero-order chi connectivity index (χ0) is 15.9. The molecule has 1 aliphatic rings. The fourth-order valence-corrected chi connectivity index (χ4v) is 2.54. The van der Waals surface area contributed by atoms with Crippen molar-refractivity contribution in [1.82, 2.24) is 19.5 Å². The van der Waals surface area contributed by atoms with Crippen molar-refractivity contribution >= 4 is 17.1 Å². The number of nitrogens with two attached hydrogens (primary N) is 1. The molecule has 2 aromatic rings. The minimum absolute atomic E-state index is 0.0385. The van der Waals surface area contributed by atoms with Gasteiger partial charge < -0.3 is 25.8 Å². The molecule has 1 aliphatic heterocycles. The molecule has 0 spiro atoms. The van der Waals surface area contributed by atoms with Gasteiger partial charge in [0.05, 0.1) is 19.1 Å². The number of ether oxygens (including phenoxy) is 1. The van der Waals surface area contributed by atoms with Crippen LogP contribution in [0.2, 0.25) is 0 Å². The molecule has 0 aromatic carbocycles. The van der Waals surface area contributed by atoms with Crippen LogP contribution in [0.3, 0.4) is 0 Å². The number of imidazole rings is 1. The Kier molecular flexibility index (Phi) is 3.46. The van der Waals surface area contributed by atoms with Gasteiger partial charge in [-0.15, -0.1) is 5.92 Å². The van der Waals surface area contributed by atoms with Gasteiger partial charge in [-0.25, -0.2) is 9.97 Å². The number of rotatable bonds is 2. The van der Waals surface area contributed by atoms with E-state index in [0.717, 1.165) is 0 Å². The third-order valence-electron chi connectivity index (χ3n) is 3.58. The van der Waals surface area contributed by atoms with E-state index in [9.17, 15) is 15.3 Å². The van der Waals surface area contributed by atoms with E-state index in [4.69, 9.17) is 10.5 Å². The average Bonchev–Trinajstić information content (AvgIpc) is 3.00. The first-order chi connectivity index (χ1) is 10.5. The number of nitrogens with zero attached hydrogens (tertiary/aromatic N) is 4. The highest BCUT2D eigenvalue weighted by atomic mass is 16.6. The second kappa shape index (κ2) is 5.19. The third kappa shape index (κ3) is 2.01. The summed E-state index contributed by atoms with van der Waals surface area (Å²) in [5.74, 6) is 5.15. The lowest BCUT2D eigenvalue weighted by molar-refractivity contribution is -0.0722. The summed E-state index contributed by atoms with van der Waals surface area (Å²) < 4.78 is 6.97. The molecule has 1 saturated heterocycles. The molecule has 116 valence electrons. The van der Waals surface area contributed by atoms with Crippen molar-refractivity contribution in [2.24, 2.45) is 0 Å². The number of anilines is 1. The fraction of sp³-hybridized carbons (Fsp3) is 0.462. The zero-order valence-electron chi connectivity index (χ0n) is 11.7. The SMILES string of the molecule is CC#CC1(O)[C@@H](O)[C@@H](CO)O[C@H]1n1cnc2cnc(N)nc21. The lowest BCUT2D eigenvalue weighted by Gasteiger charge is -2.26. The first-order valence-electron chi connectivity index (χ1n) is 6.57. The first-order valence-corrected chi connectivity index (χ1v) is 6.57. The van der Waals surface area contributed by atoms with Crippen molar-refractivity contribution in [3.05, 3.63) is 12.5 Å². The quantitative estimate of drug-likeness (QED) is 0.487. The summed E-state index contributed by atoms with van der Waals surface area (Å²) in [5.41, 5.74) is 4.45. The lowest BCUT2D eigenvalue weighted by Crippen LogP contribution is -2.45. The van der Waals surface area contributed by atoms with Gasteiger partial charge in [-0.05, 0) is 6.92 Å². The topological polar surface area (TPSA) is 140 Å². The molecule has 9 heteroatoms. The van der Waals surface area contributed by atoms with E-state index in [1.54, 1.807) is 0 Å². The largest absolute Gasteiger partial charge is 0.394 e. The second-order valence-corrected chi connectivity index (χ2v) is 4.94. The molecule has 1 unspecified atom stereocenters. The van der Waals surface area contributed by atoms with Gasteiger partial charge in [0.1, 0.15) is 17.7 Å². The highest BCUT2D eigenvalue weighted by molar-refractivity contribution is 5.70. The van der Waals surface area contributed by atoms with Crippen molar-refractivity contribution < 1.29 is 20.1 Å². The molecule has 2 aromatic heterocycles. The molecule has 1 fully saturated rings. The Labute approximate surface area is 125 Å². The summed E-state index contributed by atoms with van der Waals surface area (Å²) in [4.78, 5) is 12.0. The lowest BCUT2D eigenvalue weighted by atomic mass is 9.94. The van der Waals surface area contributed by atoms with Gasteiger partial charge in [-0.1, -0.05) is 5.92 Å². The molecule has 0 saturated carbocycles. The number of hydrogen-bond donors (Lipinski definition) is 4. The van der Waals surface area contributed by atoms with Gasteiger partial charge in [-0.2, -0.15) is 4.98 Å². The monoisotopic (exact) mass is 305 g/mol. The Bertz CT molecular complexity index is 767. The van der Waals surface area contributed by atoms with Crippen LogP contribution in [0.1, 0.15) is 13.2 Å². The van der Waals surface area contributed by atoms with E-state index in [1.807, 2.05) is 0 Å². The van der Waals surface area contributed by atoms with Crippen molar-refractivity contribution in [3.63, 3.8) is 0 Å². The standard InChI is InChI=1S/C13H15N5O4/c1-2-3-13(21)9(20)8(5-19)22-11(13)18-6-16-7-4-15-12(14)17-10(7)18/h4,6,8-9,11,19-21H,5H2,1H3,(H2,14,15,17)/t8-,9+,11-,13?/m1/s1. The number of fused-ring (bicyclic) bond motifs is 1. The molecule has 0 aliphatic carbocycles. The number of hydrogen-bond acceptors (Lipinski definition) is 8. The van der Waals surface area contributed by atoms with Gasteiger partial charge in [-0.3, -0.25) is 4.57 Å². The number of aromatic nitrogens is 4. The second-order valence-electron chi connectivity index (χ2n) is 4.94. The van der Waals surface area contributed by atoms with Gasteiger partial charge in [0.15, 0.2) is 17.5 Å². The fourth-order valence-electron chi connectivity index (χ4n) is 2.54. The predicted molar refractivity (Wildman–Crippen MR) is 75.1 cm³/mol. The van der Waals surface area contributed by atoms with E-state index in [1.165, 1.54) is 24.0 Å². The summed E-state index contributed by atoms with van der Waals surface area (Å²) >= 11 is 0. The maximum atomic E-state index is 10.7. The van der Waals surface area contributed by atoms with Crippen LogP contribution in [0.15, 0.2) is 12.5 Å². The molecule has 3 heterocycles. The number of aliphatic hydroxyl groups is 3. The van der Waals surface area contributed by atoms with Crippen molar-refractivity contribution in [2.45, 2.75) is 31.0 Å². The van der Waals surface area contributed by atoms with E-state index < -0.39 is 30.6 Å². The highest BCUT2D eigenvalue weighted by Gasteiger charge is 2.55. The smallest absolute Gasteiger partial charge is 0.222 e. The maximum absolute atomic E-state index is 10.7. The van der Waals surface area contributed by atoms with Crippen molar-refractivity contribution in [2.75, 3.05) is 12.3 Å². The maximum Gasteiger partial charge on any atom is 0.222 e. The van der Waals surface area contributed by atoms with E-state index in [2.05, 4.69) is 26.8 Å². The Morgan fingerprint density at radius 1 is 1.50 bits per heavy atom. The normalized spacial score (nSPS) is 31.2. The van der Waals surface area contributed by atoms with Crippen molar-refractivity contribution in [1.29, 1.82) is 0 Å². The summed E-state index contributed by atoms with van der Waals surface area (Å²) in [7, 11) is 0. The molecule has 0 bridgehead atoms. The van der Waals surface area contributed by atoms with Crippen molar-refractivity contribution in [3.8, 4) is 11.8 Å². The summed E-state index contributed by atoms with van der Waals surface area (Å²) in [5, 5.41) is 30.2. The number of nitrogen functional groups attached to an aromatic ring is 1. The van der Waals surface area contributed by atoms with E-state index in [0.29, 0.717) is 11.2 Å². The van der Waals surface area contributed by atoms with Crippen LogP contribution in [-0.4, -0.2) is 59.3 Å². The Morgan fingerprint density at radius 2 is 2.27 bits per heavy atom. The van der Waals surface area contributed by atoms with Crippen LogP contribution >= 0.6 is 0 Å². The molecule has 0 radical (unpaired) electrons. The van der Waals surface area contributed by atoms with E-state index >= 15 is 0 Å². The molecule has 0 amide bonds. The molecule has 22 heavy (non-hydrogen) atoms. The van der Waals surface area contributed by atoms with E-state index in [-0.39, 0.29) is 5.95 Å². The van der Waals surface area contributed by atoms with Crippen LogP contribution in [0, 0.1) is 11.8 Å².